The van der Waals surface area contributed by atoms with Gasteiger partial charge in [0.05, 0.1) is 11.4 Å². The van der Waals surface area contributed by atoms with Gasteiger partial charge in [0.15, 0.2) is 0 Å². The Hall–Kier alpha value is -1.96. The van der Waals surface area contributed by atoms with Crippen molar-refractivity contribution in [2.24, 2.45) is 11.8 Å². The fourth-order valence-corrected chi connectivity index (χ4v) is 3.77. The molecule has 2 rings (SSSR count). The molecule has 2 aromatic carbocycles. The third-order valence-electron chi connectivity index (χ3n) is 4.66. The average molecular weight is 282 g/mol. The Morgan fingerprint density at radius 2 is 1.33 bits per heavy atom. The highest BCUT2D eigenvalue weighted by molar-refractivity contribution is 5.70. The van der Waals surface area contributed by atoms with Crippen molar-refractivity contribution in [2.75, 3.05) is 11.5 Å². The van der Waals surface area contributed by atoms with Crippen LogP contribution in [0.4, 0.5) is 11.4 Å². The number of anilines is 2. The lowest BCUT2D eigenvalue weighted by Gasteiger charge is -2.43. The zero-order chi connectivity index (χ0) is 15.6. The van der Waals surface area contributed by atoms with Crippen molar-refractivity contribution < 1.29 is 0 Å². The fraction of sp³-hybridized carbons (Fsp3) is 0.368. The van der Waals surface area contributed by atoms with E-state index in [0.717, 1.165) is 5.56 Å². The molecule has 0 atom stereocenters. The summed E-state index contributed by atoms with van der Waals surface area (Å²) in [6.07, 6.45) is 0. The summed E-state index contributed by atoms with van der Waals surface area (Å²) in [6.45, 7) is 9.04. The van der Waals surface area contributed by atoms with Gasteiger partial charge >= 0.3 is 0 Å². The maximum atomic E-state index is 6.36. The van der Waals surface area contributed by atoms with E-state index in [1.54, 1.807) is 0 Å². The molecule has 0 aromatic heterocycles. The molecule has 21 heavy (non-hydrogen) atoms. The van der Waals surface area contributed by atoms with E-state index in [9.17, 15) is 0 Å². The van der Waals surface area contributed by atoms with Gasteiger partial charge < -0.3 is 11.5 Å². The number of benzene rings is 2. The van der Waals surface area contributed by atoms with E-state index in [1.807, 2.05) is 12.1 Å². The Morgan fingerprint density at radius 3 is 1.86 bits per heavy atom. The summed E-state index contributed by atoms with van der Waals surface area (Å²) in [6, 6.07) is 16.6. The van der Waals surface area contributed by atoms with Crippen molar-refractivity contribution in [1.82, 2.24) is 0 Å². The zero-order valence-corrected chi connectivity index (χ0v) is 13.4. The van der Waals surface area contributed by atoms with Crippen LogP contribution in [0.1, 0.15) is 38.8 Å². The molecule has 0 bridgehead atoms. The molecule has 2 aromatic rings. The summed E-state index contributed by atoms with van der Waals surface area (Å²) in [5, 5.41) is 0. The Kier molecular flexibility index (Phi) is 4.26. The normalized spacial score (nSPS) is 12.1. The molecule has 2 heteroatoms. The Labute approximate surface area is 128 Å². The topological polar surface area (TPSA) is 52.0 Å². The molecule has 0 radical (unpaired) electrons. The van der Waals surface area contributed by atoms with Gasteiger partial charge in [-0.3, -0.25) is 0 Å². The van der Waals surface area contributed by atoms with Crippen LogP contribution >= 0.6 is 0 Å². The first-order valence-corrected chi connectivity index (χ1v) is 7.62. The first kappa shape index (κ1) is 15.4. The van der Waals surface area contributed by atoms with Crippen molar-refractivity contribution in [3.63, 3.8) is 0 Å². The monoisotopic (exact) mass is 282 g/mol. The van der Waals surface area contributed by atoms with Crippen LogP contribution in [-0.4, -0.2) is 0 Å². The van der Waals surface area contributed by atoms with E-state index in [1.165, 1.54) is 5.56 Å². The van der Waals surface area contributed by atoms with Gasteiger partial charge in [0, 0.05) is 5.41 Å². The number of rotatable bonds is 4. The molecule has 2 nitrogen and oxygen atoms in total. The van der Waals surface area contributed by atoms with Gasteiger partial charge in [0.1, 0.15) is 0 Å². The summed E-state index contributed by atoms with van der Waals surface area (Å²) in [5.74, 6) is 0.813. The van der Waals surface area contributed by atoms with Crippen molar-refractivity contribution in [2.45, 2.75) is 33.1 Å². The second-order valence-corrected chi connectivity index (χ2v) is 6.35. The van der Waals surface area contributed by atoms with Crippen LogP contribution in [0.5, 0.6) is 0 Å². The predicted molar refractivity (Wildman–Crippen MR) is 92.2 cm³/mol. The van der Waals surface area contributed by atoms with Crippen LogP contribution in [0, 0.1) is 11.8 Å². The number of nitrogen functional groups attached to an aromatic ring is 2. The lowest BCUT2D eigenvalue weighted by molar-refractivity contribution is 0.274. The van der Waals surface area contributed by atoms with Crippen LogP contribution < -0.4 is 11.5 Å². The molecule has 0 saturated heterocycles. The zero-order valence-electron chi connectivity index (χ0n) is 13.4. The van der Waals surface area contributed by atoms with Crippen molar-refractivity contribution in [1.29, 1.82) is 0 Å². The van der Waals surface area contributed by atoms with E-state index in [0.29, 0.717) is 23.2 Å². The Morgan fingerprint density at radius 1 is 0.762 bits per heavy atom. The molecule has 0 fully saturated rings. The van der Waals surface area contributed by atoms with Crippen LogP contribution in [0.3, 0.4) is 0 Å². The van der Waals surface area contributed by atoms with Crippen LogP contribution in [-0.2, 0) is 5.41 Å². The third kappa shape index (κ3) is 2.39. The van der Waals surface area contributed by atoms with Crippen LogP contribution in [0.2, 0.25) is 0 Å². The molecule has 112 valence electrons. The first-order valence-electron chi connectivity index (χ1n) is 7.62. The highest BCUT2D eigenvalue weighted by atomic mass is 14.7. The highest BCUT2D eigenvalue weighted by Gasteiger charge is 2.41. The SMILES string of the molecule is CC(C)C(c1ccccc1)(c1cccc(N)c1N)C(C)C. The number of hydrogen-bond donors (Lipinski definition) is 2. The fourth-order valence-electron chi connectivity index (χ4n) is 3.77. The molecule has 0 aliphatic heterocycles. The molecule has 0 heterocycles. The molecular formula is C19H26N2. The summed E-state index contributed by atoms with van der Waals surface area (Å²) < 4.78 is 0. The van der Waals surface area contributed by atoms with Gasteiger partial charge in [-0.1, -0.05) is 70.2 Å². The number of para-hydroxylation sites is 1. The minimum atomic E-state index is -0.138. The molecule has 0 saturated carbocycles. The highest BCUT2D eigenvalue weighted by Crippen LogP contribution is 2.48. The maximum absolute atomic E-state index is 6.36. The first-order chi connectivity index (χ1) is 9.92. The molecule has 0 aliphatic carbocycles. The van der Waals surface area contributed by atoms with Gasteiger partial charge in [0.25, 0.3) is 0 Å². The summed E-state index contributed by atoms with van der Waals surface area (Å²) in [7, 11) is 0. The quantitative estimate of drug-likeness (QED) is 0.814. The lowest BCUT2D eigenvalue weighted by atomic mass is 9.60. The largest absolute Gasteiger partial charge is 0.397 e. The Bertz CT molecular complexity index is 592. The molecular weight excluding hydrogens is 256 g/mol. The molecule has 4 N–H and O–H groups in total. The van der Waals surface area contributed by atoms with Crippen LogP contribution in [0.25, 0.3) is 0 Å². The second-order valence-electron chi connectivity index (χ2n) is 6.35. The smallest absolute Gasteiger partial charge is 0.0589 e. The number of nitrogens with two attached hydrogens (primary N) is 2. The van der Waals surface area contributed by atoms with Gasteiger partial charge in [0.2, 0.25) is 0 Å². The van der Waals surface area contributed by atoms with Crippen LogP contribution in [0.15, 0.2) is 48.5 Å². The average Bonchev–Trinajstić information content (AvgIpc) is 2.44. The third-order valence-corrected chi connectivity index (χ3v) is 4.66. The van der Waals surface area contributed by atoms with E-state index < -0.39 is 0 Å². The molecule has 0 spiro atoms. The van der Waals surface area contributed by atoms with Crippen molar-refractivity contribution >= 4 is 11.4 Å². The minimum absolute atomic E-state index is 0.138. The summed E-state index contributed by atoms with van der Waals surface area (Å²) in [5.41, 5.74) is 16.1. The number of hydrogen-bond acceptors (Lipinski definition) is 2. The lowest BCUT2D eigenvalue weighted by Crippen LogP contribution is -2.40. The van der Waals surface area contributed by atoms with E-state index in [4.69, 9.17) is 11.5 Å². The molecule has 0 aliphatic rings. The van der Waals surface area contributed by atoms with Gasteiger partial charge in [-0.2, -0.15) is 0 Å². The van der Waals surface area contributed by atoms with E-state index >= 15 is 0 Å². The minimum Gasteiger partial charge on any atom is -0.397 e. The van der Waals surface area contributed by atoms with Crippen molar-refractivity contribution in [3.8, 4) is 0 Å². The molecule has 0 unspecified atom stereocenters. The van der Waals surface area contributed by atoms with Gasteiger partial charge in [-0.15, -0.1) is 0 Å². The standard InChI is InChI=1S/C19H26N2/c1-13(2)19(14(3)4,15-9-6-5-7-10-15)16-11-8-12-17(20)18(16)21/h5-14H,20-21H2,1-4H3. The van der Waals surface area contributed by atoms with Gasteiger partial charge in [-0.25, -0.2) is 0 Å². The van der Waals surface area contributed by atoms with Gasteiger partial charge in [-0.05, 0) is 29.0 Å². The van der Waals surface area contributed by atoms with Crippen molar-refractivity contribution in [3.05, 3.63) is 59.7 Å². The van der Waals surface area contributed by atoms with E-state index in [-0.39, 0.29) is 5.41 Å². The Balaban J connectivity index is 2.81. The second kappa shape index (κ2) is 5.80. The summed E-state index contributed by atoms with van der Waals surface area (Å²) >= 11 is 0. The maximum Gasteiger partial charge on any atom is 0.0589 e. The van der Waals surface area contributed by atoms with E-state index in [2.05, 4.69) is 64.1 Å². The predicted octanol–water partition coefficient (Wildman–Crippen LogP) is 4.45. The molecule has 0 amide bonds. The summed E-state index contributed by atoms with van der Waals surface area (Å²) in [4.78, 5) is 0.